The van der Waals surface area contributed by atoms with E-state index in [1.807, 2.05) is 0 Å². The molecule has 0 aromatic heterocycles. The zero-order valence-electron chi connectivity index (χ0n) is 9.41. The molecule has 0 unspecified atom stereocenters. The number of rotatable bonds is 1. The predicted molar refractivity (Wildman–Crippen MR) is 66.5 cm³/mol. The highest BCUT2D eigenvalue weighted by Crippen LogP contribution is 2.31. The van der Waals surface area contributed by atoms with Crippen LogP contribution in [0.1, 0.15) is 27.6 Å². The SMILES string of the molecule is CC(=O)Nc1cccc2c1C(=O)C(Cl)=C(N)C2=O. The Labute approximate surface area is 108 Å². The molecule has 5 nitrogen and oxygen atoms in total. The van der Waals surface area contributed by atoms with E-state index in [1.165, 1.54) is 19.1 Å². The van der Waals surface area contributed by atoms with Crippen molar-refractivity contribution in [3.8, 4) is 0 Å². The van der Waals surface area contributed by atoms with Crippen LogP contribution in [0.4, 0.5) is 5.69 Å². The van der Waals surface area contributed by atoms with Crippen molar-refractivity contribution in [2.24, 2.45) is 5.73 Å². The van der Waals surface area contributed by atoms with Gasteiger partial charge < -0.3 is 11.1 Å². The van der Waals surface area contributed by atoms with Crippen molar-refractivity contribution in [2.75, 3.05) is 5.32 Å². The number of hydrogen-bond donors (Lipinski definition) is 2. The number of Topliss-reactive ketones (excluding diaryl/α,β-unsaturated/α-hetero) is 2. The molecule has 1 amide bonds. The molecule has 1 aliphatic rings. The summed E-state index contributed by atoms with van der Waals surface area (Å²) in [4.78, 5) is 34.9. The summed E-state index contributed by atoms with van der Waals surface area (Å²) in [6.45, 7) is 1.31. The van der Waals surface area contributed by atoms with Gasteiger partial charge in [-0.05, 0) is 6.07 Å². The summed E-state index contributed by atoms with van der Waals surface area (Å²) in [7, 11) is 0. The number of fused-ring (bicyclic) bond motifs is 1. The van der Waals surface area contributed by atoms with E-state index in [4.69, 9.17) is 17.3 Å². The lowest BCUT2D eigenvalue weighted by molar-refractivity contribution is -0.114. The van der Waals surface area contributed by atoms with Crippen molar-refractivity contribution in [3.63, 3.8) is 0 Å². The van der Waals surface area contributed by atoms with Crippen LogP contribution in [0, 0.1) is 0 Å². The van der Waals surface area contributed by atoms with Crippen LogP contribution in [0.5, 0.6) is 0 Å². The third kappa shape index (κ3) is 1.78. The number of carbonyl (C=O) groups is 3. The van der Waals surface area contributed by atoms with Gasteiger partial charge >= 0.3 is 0 Å². The fourth-order valence-electron chi connectivity index (χ4n) is 1.76. The van der Waals surface area contributed by atoms with Crippen LogP contribution in [0.15, 0.2) is 28.9 Å². The first-order valence-electron chi connectivity index (χ1n) is 5.08. The van der Waals surface area contributed by atoms with Crippen LogP contribution in [0.25, 0.3) is 0 Å². The van der Waals surface area contributed by atoms with Gasteiger partial charge in [-0.2, -0.15) is 0 Å². The van der Waals surface area contributed by atoms with Crippen molar-refractivity contribution >= 4 is 34.8 Å². The summed E-state index contributed by atoms with van der Waals surface area (Å²) >= 11 is 5.72. The van der Waals surface area contributed by atoms with Gasteiger partial charge in [0.2, 0.25) is 17.5 Å². The van der Waals surface area contributed by atoms with Gasteiger partial charge in [-0.15, -0.1) is 0 Å². The van der Waals surface area contributed by atoms with Gasteiger partial charge in [-0.3, -0.25) is 14.4 Å². The van der Waals surface area contributed by atoms with Gasteiger partial charge in [0.15, 0.2) is 0 Å². The first-order chi connectivity index (χ1) is 8.43. The zero-order valence-corrected chi connectivity index (χ0v) is 10.2. The molecular weight excluding hydrogens is 256 g/mol. The minimum absolute atomic E-state index is 0.0805. The summed E-state index contributed by atoms with van der Waals surface area (Å²) in [5.41, 5.74) is 5.68. The van der Waals surface area contributed by atoms with Crippen molar-refractivity contribution in [2.45, 2.75) is 6.92 Å². The Morgan fingerprint density at radius 2 is 1.94 bits per heavy atom. The van der Waals surface area contributed by atoms with Crippen LogP contribution >= 0.6 is 11.6 Å². The molecule has 92 valence electrons. The smallest absolute Gasteiger partial charge is 0.221 e. The Balaban J connectivity index is 2.67. The second-order valence-electron chi connectivity index (χ2n) is 3.80. The first kappa shape index (κ1) is 12.3. The van der Waals surface area contributed by atoms with E-state index in [1.54, 1.807) is 6.07 Å². The number of ketones is 2. The van der Waals surface area contributed by atoms with Gasteiger partial charge in [-0.25, -0.2) is 0 Å². The normalized spacial score (nSPS) is 14.6. The molecule has 0 saturated heterocycles. The fourth-order valence-corrected chi connectivity index (χ4v) is 1.94. The Morgan fingerprint density at radius 3 is 2.56 bits per heavy atom. The summed E-state index contributed by atoms with van der Waals surface area (Å²) in [6.07, 6.45) is 0. The number of carbonyl (C=O) groups excluding carboxylic acids is 3. The maximum absolute atomic E-state index is 12.0. The van der Waals surface area contributed by atoms with Gasteiger partial charge in [0, 0.05) is 12.5 Å². The van der Waals surface area contributed by atoms with Gasteiger partial charge in [0.25, 0.3) is 0 Å². The molecule has 0 bridgehead atoms. The number of allylic oxidation sites excluding steroid dienone is 2. The Hall–Kier alpha value is -2.14. The minimum Gasteiger partial charge on any atom is -0.394 e. The molecular formula is C12H9ClN2O3. The number of hydrogen-bond acceptors (Lipinski definition) is 4. The average molecular weight is 265 g/mol. The van der Waals surface area contributed by atoms with E-state index in [9.17, 15) is 14.4 Å². The molecule has 0 saturated carbocycles. The number of amides is 1. The topological polar surface area (TPSA) is 89.3 Å². The summed E-state index contributed by atoms with van der Waals surface area (Å²) < 4.78 is 0. The maximum atomic E-state index is 12.0. The van der Waals surface area contributed by atoms with E-state index < -0.39 is 11.6 Å². The van der Waals surface area contributed by atoms with E-state index in [0.29, 0.717) is 0 Å². The maximum Gasteiger partial charge on any atom is 0.221 e. The molecule has 0 atom stereocenters. The van der Waals surface area contributed by atoms with Gasteiger partial charge in [-0.1, -0.05) is 23.7 Å². The molecule has 1 aromatic carbocycles. The molecule has 1 aliphatic carbocycles. The molecule has 6 heteroatoms. The van der Waals surface area contributed by atoms with Gasteiger partial charge in [0.05, 0.1) is 11.3 Å². The highest BCUT2D eigenvalue weighted by atomic mass is 35.5. The number of benzene rings is 1. The third-order valence-corrected chi connectivity index (χ3v) is 2.90. The molecule has 3 N–H and O–H groups in total. The summed E-state index contributed by atoms with van der Waals surface area (Å²) in [6, 6.07) is 4.55. The molecule has 0 fully saturated rings. The van der Waals surface area contributed by atoms with Crippen molar-refractivity contribution in [3.05, 3.63) is 40.1 Å². The quantitative estimate of drug-likeness (QED) is 0.803. The largest absolute Gasteiger partial charge is 0.394 e. The molecule has 0 aliphatic heterocycles. The lowest BCUT2D eigenvalue weighted by Gasteiger charge is -2.18. The van der Waals surface area contributed by atoms with Gasteiger partial charge in [0.1, 0.15) is 10.7 Å². The van der Waals surface area contributed by atoms with E-state index in [-0.39, 0.29) is 33.5 Å². The number of nitrogens with one attached hydrogen (secondary N) is 1. The third-order valence-electron chi connectivity index (χ3n) is 2.53. The molecule has 1 aromatic rings. The summed E-state index contributed by atoms with van der Waals surface area (Å²) in [5.74, 6) is -1.42. The van der Waals surface area contributed by atoms with Crippen molar-refractivity contribution in [1.82, 2.24) is 0 Å². The van der Waals surface area contributed by atoms with Crippen molar-refractivity contribution < 1.29 is 14.4 Å². The van der Waals surface area contributed by atoms with Crippen LogP contribution < -0.4 is 11.1 Å². The summed E-state index contributed by atoms with van der Waals surface area (Å²) in [5, 5.41) is 2.17. The van der Waals surface area contributed by atoms with Crippen LogP contribution in [0.3, 0.4) is 0 Å². The Bertz CT molecular complexity index is 620. The molecule has 2 rings (SSSR count). The predicted octanol–water partition coefficient (Wildman–Crippen LogP) is 1.43. The Morgan fingerprint density at radius 1 is 1.28 bits per heavy atom. The van der Waals surface area contributed by atoms with E-state index in [2.05, 4.69) is 5.32 Å². The highest BCUT2D eigenvalue weighted by Gasteiger charge is 2.32. The standard InChI is InChI=1S/C12H9ClN2O3/c1-5(16)15-7-4-2-3-6-8(7)12(18)9(13)10(14)11(6)17/h2-4H,14H2,1H3,(H,15,16). The molecule has 18 heavy (non-hydrogen) atoms. The second-order valence-corrected chi connectivity index (χ2v) is 4.17. The Kier molecular flexibility index (Phi) is 2.92. The fraction of sp³-hybridized carbons (Fsp3) is 0.0833. The highest BCUT2D eigenvalue weighted by molar-refractivity contribution is 6.50. The molecule has 0 heterocycles. The number of halogens is 1. The lowest BCUT2D eigenvalue weighted by Crippen LogP contribution is -2.26. The van der Waals surface area contributed by atoms with Crippen LogP contribution in [0.2, 0.25) is 0 Å². The molecule has 0 radical (unpaired) electrons. The zero-order chi connectivity index (χ0) is 13.4. The van der Waals surface area contributed by atoms with Crippen molar-refractivity contribution in [1.29, 1.82) is 0 Å². The second kappa shape index (κ2) is 4.27. The average Bonchev–Trinajstić information content (AvgIpc) is 2.32. The number of nitrogens with two attached hydrogens (primary N) is 1. The minimum atomic E-state index is -0.562. The first-order valence-corrected chi connectivity index (χ1v) is 5.46. The lowest BCUT2D eigenvalue weighted by atomic mass is 9.91. The number of anilines is 1. The van der Waals surface area contributed by atoms with E-state index >= 15 is 0 Å². The van der Waals surface area contributed by atoms with Crippen LogP contribution in [-0.2, 0) is 4.79 Å². The molecule has 0 spiro atoms. The van der Waals surface area contributed by atoms with E-state index in [0.717, 1.165) is 0 Å². The monoisotopic (exact) mass is 264 g/mol. The van der Waals surface area contributed by atoms with Crippen LogP contribution in [-0.4, -0.2) is 17.5 Å².